The van der Waals surface area contributed by atoms with Crippen molar-refractivity contribution in [3.05, 3.63) is 28.2 Å². The van der Waals surface area contributed by atoms with Crippen LogP contribution in [0.2, 0.25) is 0 Å². The van der Waals surface area contributed by atoms with Crippen molar-refractivity contribution in [2.24, 2.45) is 17.7 Å². The molecule has 1 aromatic rings. The topological polar surface area (TPSA) is 64.1 Å². The van der Waals surface area contributed by atoms with Crippen molar-refractivity contribution in [2.75, 3.05) is 5.73 Å². The van der Waals surface area contributed by atoms with E-state index in [1.807, 2.05) is 12.1 Å². The van der Waals surface area contributed by atoms with Crippen LogP contribution in [0, 0.1) is 11.8 Å². The molecule has 0 bridgehead atoms. The maximum Gasteiger partial charge on any atom is 0.0508 e. The first-order valence-corrected chi connectivity index (χ1v) is 7.96. The van der Waals surface area contributed by atoms with Gasteiger partial charge in [-0.05, 0) is 48.4 Å². The first kappa shape index (κ1) is 14.8. The van der Waals surface area contributed by atoms with Gasteiger partial charge in [0.05, 0.1) is 6.04 Å². The Kier molecular flexibility index (Phi) is 5.25. The zero-order chi connectivity index (χ0) is 13.8. The van der Waals surface area contributed by atoms with Gasteiger partial charge >= 0.3 is 0 Å². The number of nitrogens with two attached hydrogens (primary N) is 2. The fourth-order valence-corrected chi connectivity index (χ4v) is 3.68. The van der Waals surface area contributed by atoms with Crippen LogP contribution >= 0.6 is 15.9 Å². The van der Waals surface area contributed by atoms with E-state index < -0.39 is 0 Å². The van der Waals surface area contributed by atoms with E-state index in [1.165, 1.54) is 32.1 Å². The molecular weight excluding hydrogens is 302 g/mol. The van der Waals surface area contributed by atoms with Gasteiger partial charge in [-0.1, -0.05) is 42.1 Å². The smallest absolute Gasteiger partial charge is 0.0508 e. The zero-order valence-corrected chi connectivity index (χ0v) is 13.1. The van der Waals surface area contributed by atoms with Crippen molar-refractivity contribution in [3.8, 4) is 0 Å². The summed E-state index contributed by atoms with van der Waals surface area (Å²) in [6.07, 6.45) is 6.41. The summed E-state index contributed by atoms with van der Waals surface area (Å²) in [4.78, 5) is 0. The molecule has 106 valence electrons. The molecule has 0 aliphatic heterocycles. The summed E-state index contributed by atoms with van der Waals surface area (Å²) in [6, 6.07) is 6.17. The first-order valence-electron chi connectivity index (χ1n) is 7.16. The minimum absolute atomic E-state index is 0.159. The molecule has 1 aromatic carbocycles. The average Bonchev–Trinajstić information content (AvgIpc) is 2.44. The van der Waals surface area contributed by atoms with Crippen LogP contribution in [0.5, 0.6) is 0 Å². The molecule has 1 fully saturated rings. The Labute approximate surface area is 124 Å². The van der Waals surface area contributed by atoms with Gasteiger partial charge in [0.25, 0.3) is 0 Å². The Balaban J connectivity index is 2.21. The Morgan fingerprint density at radius 1 is 1.42 bits per heavy atom. The number of nitrogen functional groups attached to an aromatic ring is 1. The Bertz CT molecular complexity index is 422. The summed E-state index contributed by atoms with van der Waals surface area (Å²) in [5.41, 5.74) is 11.1. The van der Waals surface area contributed by atoms with E-state index in [2.05, 4.69) is 34.3 Å². The second-order valence-corrected chi connectivity index (χ2v) is 6.53. The molecule has 1 aliphatic rings. The molecule has 0 radical (unpaired) electrons. The van der Waals surface area contributed by atoms with Crippen LogP contribution in [-0.4, -0.2) is 0 Å². The molecule has 1 aliphatic carbocycles. The number of hydrogen-bond acceptors (Lipinski definition) is 3. The summed E-state index contributed by atoms with van der Waals surface area (Å²) in [6.45, 7) is 2.28. The molecule has 0 amide bonds. The van der Waals surface area contributed by atoms with Gasteiger partial charge < -0.3 is 5.73 Å². The van der Waals surface area contributed by atoms with E-state index in [0.717, 1.165) is 21.6 Å². The van der Waals surface area contributed by atoms with Gasteiger partial charge in [0.2, 0.25) is 0 Å². The molecule has 0 heterocycles. The maximum absolute atomic E-state index is 6.12. The van der Waals surface area contributed by atoms with Gasteiger partial charge in [0.15, 0.2) is 0 Å². The number of rotatable bonds is 4. The minimum atomic E-state index is 0.159. The third kappa shape index (κ3) is 3.50. The summed E-state index contributed by atoms with van der Waals surface area (Å²) < 4.78 is 1.06. The Hall–Kier alpha value is -0.580. The number of hydrogen-bond donors (Lipinski definition) is 3. The average molecular weight is 326 g/mol. The van der Waals surface area contributed by atoms with Crippen LogP contribution in [-0.2, 0) is 0 Å². The van der Waals surface area contributed by atoms with Crippen molar-refractivity contribution >= 4 is 21.6 Å². The Morgan fingerprint density at radius 2 is 2.21 bits per heavy atom. The quantitative estimate of drug-likeness (QED) is 0.448. The fourth-order valence-electron chi connectivity index (χ4n) is 3.30. The molecule has 3 atom stereocenters. The highest BCUT2D eigenvalue weighted by Gasteiger charge is 2.29. The summed E-state index contributed by atoms with van der Waals surface area (Å²) in [5.74, 6) is 7.24. The molecule has 1 saturated carbocycles. The van der Waals surface area contributed by atoms with E-state index in [9.17, 15) is 0 Å². The van der Waals surface area contributed by atoms with E-state index in [0.29, 0.717) is 5.92 Å². The van der Waals surface area contributed by atoms with E-state index in [1.54, 1.807) is 0 Å². The number of anilines is 1. The SMILES string of the molecule is CCC1CCCC(C(NN)c2cc(Br)ccc2N)C1. The van der Waals surface area contributed by atoms with Crippen molar-refractivity contribution < 1.29 is 0 Å². The van der Waals surface area contributed by atoms with Crippen LogP contribution < -0.4 is 17.0 Å². The van der Waals surface area contributed by atoms with Crippen molar-refractivity contribution in [3.63, 3.8) is 0 Å². The molecule has 5 N–H and O–H groups in total. The monoisotopic (exact) mass is 325 g/mol. The second kappa shape index (κ2) is 6.73. The zero-order valence-electron chi connectivity index (χ0n) is 11.5. The summed E-state index contributed by atoms with van der Waals surface area (Å²) in [5, 5.41) is 0. The van der Waals surface area contributed by atoms with Crippen LogP contribution in [0.15, 0.2) is 22.7 Å². The third-order valence-corrected chi connectivity index (χ3v) is 4.93. The number of hydrazine groups is 1. The normalized spacial score (nSPS) is 25.2. The Morgan fingerprint density at radius 3 is 2.89 bits per heavy atom. The lowest BCUT2D eigenvalue weighted by Gasteiger charge is -2.34. The third-order valence-electron chi connectivity index (χ3n) is 4.44. The molecular formula is C15H24BrN3. The summed E-state index contributed by atoms with van der Waals surface area (Å²) in [7, 11) is 0. The van der Waals surface area contributed by atoms with E-state index in [4.69, 9.17) is 11.6 Å². The second-order valence-electron chi connectivity index (χ2n) is 5.62. The molecule has 3 unspecified atom stereocenters. The highest BCUT2D eigenvalue weighted by Crippen LogP contribution is 2.40. The van der Waals surface area contributed by atoms with Crippen LogP contribution in [0.25, 0.3) is 0 Å². The van der Waals surface area contributed by atoms with Crippen LogP contribution in [0.1, 0.15) is 50.6 Å². The van der Waals surface area contributed by atoms with Gasteiger partial charge in [-0.3, -0.25) is 11.3 Å². The number of nitrogens with one attached hydrogen (secondary N) is 1. The van der Waals surface area contributed by atoms with Crippen molar-refractivity contribution in [2.45, 2.75) is 45.1 Å². The highest BCUT2D eigenvalue weighted by atomic mass is 79.9. The molecule has 3 nitrogen and oxygen atoms in total. The highest BCUT2D eigenvalue weighted by molar-refractivity contribution is 9.10. The predicted molar refractivity (Wildman–Crippen MR) is 84.4 cm³/mol. The summed E-state index contributed by atoms with van der Waals surface area (Å²) >= 11 is 3.52. The van der Waals surface area contributed by atoms with E-state index >= 15 is 0 Å². The molecule has 0 aromatic heterocycles. The van der Waals surface area contributed by atoms with Crippen molar-refractivity contribution in [1.82, 2.24) is 5.43 Å². The van der Waals surface area contributed by atoms with E-state index in [-0.39, 0.29) is 6.04 Å². The standard InChI is InChI=1S/C15H24BrN3/c1-2-10-4-3-5-11(8-10)15(19-18)13-9-12(16)6-7-14(13)17/h6-7,9-11,15,19H,2-5,8,17-18H2,1H3. The fraction of sp³-hybridized carbons (Fsp3) is 0.600. The number of halogens is 1. The van der Waals surface area contributed by atoms with Crippen molar-refractivity contribution in [1.29, 1.82) is 0 Å². The van der Waals surface area contributed by atoms with Gasteiger partial charge in [0.1, 0.15) is 0 Å². The molecule has 4 heteroatoms. The lowest BCUT2D eigenvalue weighted by molar-refractivity contribution is 0.210. The lowest BCUT2D eigenvalue weighted by Crippen LogP contribution is -2.36. The maximum atomic E-state index is 6.12. The van der Waals surface area contributed by atoms with Crippen LogP contribution in [0.4, 0.5) is 5.69 Å². The minimum Gasteiger partial charge on any atom is -0.398 e. The number of benzene rings is 1. The molecule has 0 saturated heterocycles. The lowest BCUT2D eigenvalue weighted by atomic mass is 9.75. The molecule has 2 rings (SSSR count). The van der Waals surface area contributed by atoms with Gasteiger partial charge in [0, 0.05) is 10.2 Å². The van der Waals surface area contributed by atoms with Gasteiger partial charge in [-0.2, -0.15) is 0 Å². The largest absolute Gasteiger partial charge is 0.398 e. The molecule has 19 heavy (non-hydrogen) atoms. The predicted octanol–water partition coefficient (Wildman–Crippen LogP) is 3.75. The van der Waals surface area contributed by atoms with Crippen LogP contribution in [0.3, 0.4) is 0 Å². The first-order chi connectivity index (χ1) is 9.15. The van der Waals surface area contributed by atoms with Gasteiger partial charge in [-0.15, -0.1) is 0 Å². The molecule has 0 spiro atoms. The van der Waals surface area contributed by atoms with Gasteiger partial charge in [-0.25, -0.2) is 0 Å².